The smallest absolute Gasteiger partial charge is 0.0640 e. The van der Waals surface area contributed by atoms with Crippen molar-refractivity contribution in [1.29, 1.82) is 0 Å². The van der Waals surface area contributed by atoms with Crippen LogP contribution in [0.1, 0.15) is 30.5 Å². The maximum absolute atomic E-state index is 2.53. The Kier molecular flexibility index (Phi) is 10.2. The number of fused-ring (bicyclic) bond motifs is 10. The van der Waals surface area contributed by atoms with E-state index < -0.39 is 0 Å². The summed E-state index contributed by atoms with van der Waals surface area (Å²) in [5.41, 5.74) is 18.0. The second-order valence-corrected chi connectivity index (χ2v) is 22.9. The van der Waals surface area contributed by atoms with Crippen LogP contribution in [0.25, 0.3) is 95.3 Å². The molecule has 360 valence electrons. The molecule has 1 aliphatic carbocycles. The predicted molar refractivity (Wildman–Crippen MR) is 330 cm³/mol. The molecular weight excluding hydrogens is 957 g/mol. The number of aryl methyl sites for hydroxylation is 1. The van der Waals surface area contributed by atoms with E-state index in [2.05, 4.69) is 279 Å². The van der Waals surface area contributed by atoms with Crippen LogP contribution in [0.3, 0.4) is 0 Å². The van der Waals surface area contributed by atoms with E-state index >= 15 is 0 Å². The van der Waals surface area contributed by atoms with Crippen LogP contribution in [-0.4, -0.2) is 0 Å². The van der Waals surface area contributed by atoms with E-state index in [0.717, 1.165) is 22.7 Å². The molecular formula is C72H50N2S2. The lowest BCUT2D eigenvalue weighted by Crippen LogP contribution is -2.25. The topological polar surface area (TPSA) is 6.48 Å². The predicted octanol–water partition coefficient (Wildman–Crippen LogP) is 21.6. The maximum atomic E-state index is 2.53. The van der Waals surface area contributed by atoms with Gasteiger partial charge in [0.2, 0.25) is 0 Å². The SMILES string of the molecule is Cc1c2c3c(cccc3c3cc(N(c4ccccc4-c4ccccc4)c4cccc5c4sc4ccccc45)ccc13)C(C)(C)c1cc(N(c3ccccc3-c3ccccc3)c3cccc4c3sc3ccccc34)ccc1-2. The van der Waals surface area contributed by atoms with Crippen LogP contribution >= 0.6 is 22.7 Å². The van der Waals surface area contributed by atoms with Gasteiger partial charge in [-0.1, -0.05) is 202 Å². The second kappa shape index (κ2) is 17.4. The summed E-state index contributed by atoms with van der Waals surface area (Å²) in [6, 6.07) is 92.4. The van der Waals surface area contributed by atoms with E-state index in [-0.39, 0.29) is 5.41 Å². The molecule has 2 aromatic heterocycles. The third kappa shape index (κ3) is 6.77. The molecule has 76 heavy (non-hydrogen) atoms. The lowest BCUT2D eigenvalue weighted by Gasteiger charge is -2.38. The van der Waals surface area contributed by atoms with Crippen molar-refractivity contribution in [3.63, 3.8) is 0 Å². The van der Waals surface area contributed by atoms with E-state index in [4.69, 9.17) is 0 Å². The summed E-state index contributed by atoms with van der Waals surface area (Å²) < 4.78 is 5.15. The molecule has 2 nitrogen and oxygen atoms in total. The van der Waals surface area contributed by atoms with E-state index in [1.165, 1.54) is 123 Å². The highest BCUT2D eigenvalue weighted by Crippen LogP contribution is 2.56. The summed E-state index contributed by atoms with van der Waals surface area (Å²) in [6.45, 7) is 7.23. The number of para-hydroxylation sites is 2. The van der Waals surface area contributed by atoms with E-state index in [1.807, 2.05) is 22.7 Å². The molecule has 2 heterocycles. The zero-order valence-electron chi connectivity index (χ0n) is 42.4. The van der Waals surface area contributed by atoms with Gasteiger partial charge in [0.05, 0.1) is 32.1 Å². The molecule has 0 bridgehead atoms. The van der Waals surface area contributed by atoms with Gasteiger partial charge >= 0.3 is 0 Å². The molecule has 0 spiro atoms. The number of anilines is 6. The van der Waals surface area contributed by atoms with Gasteiger partial charge < -0.3 is 9.80 Å². The fourth-order valence-electron chi connectivity index (χ4n) is 12.7. The quantitative estimate of drug-likeness (QED) is 0.140. The molecule has 1 aliphatic rings. The van der Waals surface area contributed by atoms with Crippen LogP contribution in [0.2, 0.25) is 0 Å². The van der Waals surface area contributed by atoms with Gasteiger partial charge in [0.15, 0.2) is 0 Å². The Labute approximate surface area is 450 Å². The zero-order valence-corrected chi connectivity index (χ0v) is 44.0. The lowest BCUT2D eigenvalue weighted by molar-refractivity contribution is 0.645. The van der Waals surface area contributed by atoms with E-state index in [1.54, 1.807) is 0 Å². The highest BCUT2D eigenvalue weighted by atomic mass is 32.1. The number of rotatable bonds is 8. The van der Waals surface area contributed by atoms with Crippen LogP contribution in [0.15, 0.2) is 249 Å². The average molecular weight is 1010 g/mol. The molecule has 0 atom stereocenters. The molecule has 0 fully saturated rings. The summed E-state index contributed by atoms with van der Waals surface area (Å²) in [7, 11) is 0. The molecule has 12 aromatic carbocycles. The average Bonchev–Trinajstić information content (AvgIpc) is 4.13. The summed E-state index contributed by atoms with van der Waals surface area (Å²) in [4.78, 5) is 5.05. The maximum Gasteiger partial charge on any atom is 0.0640 e. The van der Waals surface area contributed by atoms with Crippen molar-refractivity contribution >= 4 is 119 Å². The van der Waals surface area contributed by atoms with Crippen LogP contribution in [0, 0.1) is 6.92 Å². The first-order valence-electron chi connectivity index (χ1n) is 26.2. The largest absolute Gasteiger partial charge is 0.308 e. The summed E-state index contributed by atoms with van der Waals surface area (Å²) in [5, 5.41) is 10.3. The van der Waals surface area contributed by atoms with Crippen molar-refractivity contribution in [2.45, 2.75) is 26.2 Å². The fraction of sp³-hybridized carbons (Fsp3) is 0.0556. The van der Waals surface area contributed by atoms with Crippen molar-refractivity contribution in [3.8, 4) is 33.4 Å². The van der Waals surface area contributed by atoms with Crippen LogP contribution in [0.5, 0.6) is 0 Å². The van der Waals surface area contributed by atoms with Crippen LogP contribution in [0.4, 0.5) is 34.1 Å². The van der Waals surface area contributed by atoms with Crippen molar-refractivity contribution in [2.75, 3.05) is 9.80 Å². The van der Waals surface area contributed by atoms with Gasteiger partial charge in [-0.2, -0.15) is 0 Å². The molecule has 0 saturated heterocycles. The van der Waals surface area contributed by atoms with Gasteiger partial charge in [-0.3, -0.25) is 0 Å². The summed E-state index contributed by atoms with van der Waals surface area (Å²) in [6.07, 6.45) is 0. The van der Waals surface area contributed by atoms with Crippen LogP contribution < -0.4 is 9.80 Å². The molecule has 0 unspecified atom stereocenters. The first-order chi connectivity index (χ1) is 37.4. The van der Waals surface area contributed by atoms with Crippen molar-refractivity contribution in [1.82, 2.24) is 0 Å². The third-order valence-electron chi connectivity index (χ3n) is 16.2. The Morgan fingerprint density at radius 1 is 0.329 bits per heavy atom. The highest BCUT2D eigenvalue weighted by molar-refractivity contribution is 7.26. The van der Waals surface area contributed by atoms with Crippen molar-refractivity contribution in [3.05, 3.63) is 265 Å². The Morgan fingerprint density at radius 3 is 1.38 bits per heavy atom. The van der Waals surface area contributed by atoms with Crippen molar-refractivity contribution in [2.24, 2.45) is 0 Å². The van der Waals surface area contributed by atoms with Gasteiger partial charge in [0.1, 0.15) is 0 Å². The minimum atomic E-state index is -0.332. The van der Waals surface area contributed by atoms with Gasteiger partial charge in [0, 0.05) is 58.9 Å². The lowest BCUT2D eigenvalue weighted by atomic mass is 9.67. The van der Waals surface area contributed by atoms with Gasteiger partial charge in [-0.05, 0) is 128 Å². The second-order valence-electron chi connectivity index (χ2n) is 20.8. The number of benzene rings is 12. The van der Waals surface area contributed by atoms with E-state index in [9.17, 15) is 0 Å². The normalized spacial score (nSPS) is 12.8. The number of hydrogen-bond acceptors (Lipinski definition) is 4. The van der Waals surface area contributed by atoms with Gasteiger partial charge in [0.25, 0.3) is 0 Å². The van der Waals surface area contributed by atoms with E-state index in [0.29, 0.717) is 0 Å². The Morgan fingerprint density at radius 2 is 0.789 bits per heavy atom. The molecule has 14 aromatic rings. The summed E-state index contributed by atoms with van der Waals surface area (Å²) in [5.74, 6) is 0. The van der Waals surface area contributed by atoms with Crippen LogP contribution in [-0.2, 0) is 5.41 Å². The molecule has 0 N–H and O–H groups in total. The zero-order chi connectivity index (χ0) is 50.6. The molecule has 0 amide bonds. The Bertz CT molecular complexity index is 4640. The summed E-state index contributed by atoms with van der Waals surface area (Å²) >= 11 is 3.76. The first-order valence-corrected chi connectivity index (χ1v) is 27.9. The number of hydrogen-bond donors (Lipinski definition) is 0. The highest BCUT2D eigenvalue weighted by Gasteiger charge is 2.36. The molecule has 15 rings (SSSR count). The monoisotopic (exact) mass is 1010 g/mol. The molecule has 0 saturated carbocycles. The molecule has 0 radical (unpaired) electrons. The minimum Gasteiger partial charge on any atom is -0.308 e. The number of nitrogens with zero attached hydrogens (tertiary/aromatic N) is 2. The number of thiophene rings is 2. The molecule has 0 aliphatic heterocycles. The minimum absolute atomic E-state index is 0.332. The van der Waals surface area contributed by atoms with Gasteiger partial charge in [-0.25, -0.2) is 0 Å². The first kappa shape index (κ1) is 44.7. The fourth-order valence-corrected chi connectivity index (χ4v) is 15.1. The standard InChI is InChI=1S/C72H50N2S2/c1-45-50-41-39-48(73(62-33-14-10-25-51(62)46-21-6-4-7-22-46)64-35-19-30-56-53-27-12-16-37-66(53)75-70(56)64)43-59(50)55-29-18-32-60-69(55)68(45)58-42-40-49(44-61(58)72(60,2)3)74(63-34-15-11-26-52(63)47-23-8-5-9-24-47)65-36-20-31-57-54-28-13-17-38-67(54)76-71(57)65/h4-44H,1-3H3. The third-order valence-corrected chi connectivity index (χ3v) is 18.6. The Hall–Kier alpha value is -8.80. The molecule has 4 heteroatoms. The van der Waals surface area contributed by atoms with Crippen molar-refractivity contribution < 1.29 is 0 Å². The Balaban J connectivity index is 0.948. The van der Waals surface area contributed by atoms with Gasteiger partial charge in [-0.15, -0.1) is 22.7 Å².